The Labute approximate surface area is 411 Å². The molecule has 1 aliphatic rings. The molecule has 368 valence electrons. The predicted molar refractivity (Wildman–Crippen MR) is 269 cm³/mol. The third kappa shape index (κ3) is 14.4. The molecule has 3 aromatic carbocycles. The maximum Gasteiger partial charge on any atom is 0.255 e. The SMILES string of the molecule is Cc1nc(-c2ccc([C@@H](C)SSC(C)(C)C)cc2)ncc1C(=O)N[C@@H](CCN)C(=O)N(C)[C@@H]1C(=O)N[C@@H](C)C(=O)N[C@H](C(=O)NCC#N)Cc2ccc(OCCN)c(c2)-c2cc1ccc2OCCN. The van der Waals surface area contributed by atoms with Crippen LogP contribution in [0.2, 0.25) is 0 Å². The van der Waals surface area contributed by atoms with E-state index in [2.05, 4.69) is 58.9 Å². The highest BCUT2D eigenvalue weighted by molar-refractivity contribution is 8.77. The Balaban J connectivity index is 1.50. The number of nitrogens with two attached hydrogens (primary N) is 3. The van der Waals surface area contributed by atoms with Gasteiger partial charge in [-0.3, -0.25) is 24.0 Å². The topological polar surface area (TPSA) is 283 Å². The number of nitrogens with zero attached hydrogens (tertiary/aromatic N) is 4. The van der Waals surface area contributed by atoms with Gasteiger partial charge in [-0.2, -0.15) is 5.26 Å². The average molecular weight is 982 g/mol. The zero-order valence-corrected chi connectivity index (χ0v) is 41.7. The number of carbonyl (C=O) groups is 5. The van der Waals surface area contributed by atoms with Crippen molar-refractivity contribution in [2.24, 2.45) is 17.2 Å². The van der Waals surface area contributed by atoms with Crippen LogP contribution in [0, 0.1) is 18.3 Å². The molecular weight excluding hydrogens is 919 g/mol. The van der Waals surface area contributed by atoms with Crippen LogP contribution in [0.4, 0.5) is 0 Å². The lowest BCUT2D eigenvalue weighted by atomic mass is 9.93. The number of hydrogen-bond donors (Lipinski definition) is 7. The lowest BCUT2D eigenvalue weighted by Crippen LogP contribution is -2.56. The van der Waals surface area contributed by atoms with Crippen LogP contribution in [0.25, 0.3) is 22.5 Å². The van der Waals surface area contributed by atoms with E-state index in [9.17, 15) is 29.2 Å². The summed E-state index contributed by atoms with van der Waals surface area (Å²) >= 11 is 0. The lowest BCUT2D eigenvalue weighted by Gasteiger charge is -2.32. The second-order valence-electron chi connectivity index (χ2n) is 17.4. The van der Waals surface area contributed by atoms with E-state index in [1.807, 2.05) is 51.9 Å². The molecule has 0 aliphatic carbocycles. The molecule has 10 N–H and O–H groups in total. The minimum atomic E-state index is -1.41. The van der Waals surface area contributed by atoms with E-state index >= 15 is 0 Å². The van der Waals surface area contributed by atoms with Gasteiger partial charge in [0.05, 0.1) is 17.3 Å². The van der Waals surface area contributed by atoms with Crippen molar-refractivity contribution in [1.29, 1.82) is 5.26 Å². The van der Waals surface area contributed by atoms with E-state index in [1.165, 1.54) is 25.1 Å². The number of ether oxygens (including phenoxy) is 2. The third-order valence-corrected chi connectivity index (χ3v) is 14.7. The predicted octanol–water partition coefficient (Wildman–Crippen LogP) is 3.87. The fraction of sp³-hybridized carbons (Fsp3) is 0.429. The molecule has 0 saturated carbocycles. The fourth-order valence-electron chi connectivity index (χ4n) is 7.37. The molecule has 5 amide bonds. The number of nitrogens with one attached hydrogen (secondary N) is 4. The molecule has 0 spiro atoms. The van der Waals surface area contributed by atoms with E-state index in [4.69, 9.17) is 26.7 Å². The number of nitriles is 1. The molecule has 69 heavy (non-hydrogen) atoms. The summed E-state index contributed by atoms with van der Waals surface area (Å²) < 4.78 is 12.3. The van der Waals surface area contributed by atoms with Crippen LogP contribution in [-0.4, -0.2) is 114 Å². The van der Waals surface area contributed by atoms with Gasteiger partial charge in [0.1, 0.15) is 55.4 Å². The Kier molecular flexibility index (Phi) is 19.4. The zero-order chi connectivity index (χ0) is 50.4. The first-order chi connectivity index (χ1) is 32.9. The Bertz CT molecular complexity index is 2520. The van der Waals surface area contributed by atoms with E-state index < -0.39 is 53.7 Å². The monoisotopic (exact) mass is 981 g/mol. The van der Waals surface area contributed by atoms with Crippen LogP contribution in [0.3, 0.4) is 0 Å². The minimum absolute atomic E-state index is 0.000554. The first-order valence-electron chi connectivity index (χ1n) is 22.6. The molecule has 0 radical (unpaired) electrons. The molecule has 1 aliphatic heterocycles. The van der Waals surface area contributed by atoms with Gasteiger partial charge in [0, 0.05) is 59.4 Å². The van der Waals surface area contributed by atoms with Gasteiger partial charge in [0.15, 0.2) is 5.82 Å². The maximum absolute atomic E-state index is 14.7. The second-order valence-corrected chi connectivity index (χ2v) is 20.8. The van der Waals surface area contributed by atoms with Crippen LogP contribution in [0.1, 0.15) is 85.1 Å². The number of carbonyl (C=O) groups excluding carboxylic acids is 5. The minimum Gasteiger partial charge on any atom is -0.492 e. The molecule has 2 heterocycles. The van der Waals surface area contributed by atoms with Crippen LogP contribution in [0.5, 0.6) is 11.5 Å². The van der Waals surface area contributed by atoms with Crippen LogP contribution >= 0.6 is 21.6 Å². The van der Waals surface area contributed by atoms with Crippen molar-refractivity contribution in [2.75, 3.05) is 46.4 Å². The smallest absolute Gasteiger partial charge is 0.255 e. The van der Waals surface area contributed by atoms with E-state index in [0.29, 0.717) is 45.3 Å². The maximum atomic E-state index is 14.7. The summed E-state index contributed by atoms with van der Waals surface area (Å²) in [4.78, 5) is 80.7. The summed E-state index contributed by atoms with van der Waals surface area (Å²) in [6.07, 6.45) is 1.41. The van der Waals surface area contributed by atoms with Gasteiger partial charge in [-0.05, 0) is 74.7 Å². The van der Waals surface area contributed by atoms with E-state index in [1.54, 1.807) is 43.3 Å². The summed E-state index contributed by atoms with van der Waals surface area (Å²) in [6, 6.07) is 15.0. The molecule has 0 fully saturated rings. The van der Waals surface area contributed by atoms with Gasteiger partial charge in [-0.15, -0.1) is 0 Å². The third-order valence-electron chi connectivity index (χ3n) is 10.9. The average Bonchev–Trinajstić information content (AvgIpc) is 3.32. The number of rotatable bonds is 18. The van der Waals surface area contributed by atoms with Gasteiger partial charge in [0.2, 0.25) is 23.6 Å². The highest BCUT2D eigenvalue weighted by atomic mass is 33.1. The largest absolute Gasteiger partial charge is 0.492 e. The Morgan fingerprint density at radius 3 is 2.20 bits per heavy atom. The first-order valence-corrected chi connectivity index (χ1v) is 24.8. The molecule has 1 aromatic heterocycles. The summed E-state index contributed by atoms with van der Waals surface area (Å²) in [7, 11) is 5.05. The Hall–Kier alpha value is -6.24. The summed E-state index contributed by atoms with van der Waals surface area (Å²) in [6.45, 7) is 12.2. The number of benzene rings is 3. The van der Waals surface area contributed by atoms with Gasteiger partial charge in [-0.1, -0.05) is 78.8 Å². The fourth-order valence-corrected chi connectivity index (χ4v) is 9.70. The summed E-state index contributed by atoms with van der Waals surface area (Å²) in [5.41, 5.74) is 22.0. The lowest BCUT2D eigenvalue weighted by molar-refractivity contribution is -0.141. The van der Waals surface area contributed by atoms with Gasteiger partial charge >= 0.3 is 0 Å². The quantitative estimate of drug-likeness (QED) is 0.0551. The van der Waals surface area contributed by atoms with Crippen molar-refractivity contribution in [1.82, 2.24) is 36.1 Å². The van der Waals surface area contributed by atoms with Crippen molar-refractivity contribution >= 4 is 51.1 Å². The van der Waals surface area contributed by atoms with E-state index in [-0.39, 0.29) is 67.8 Å². The molecule has 4 bridgehead atoms. The normalized spacial score (nSPS) is 16.9. The Morgan fingerprint density at radius 1 is 0.942 bits per heavy atom. The second kappa shape index (κ2) is 24.9. The molecule has 4 aromatic rings. The van der Waals surface area contributed by atoms with Crippen molar-refractivity contribution in [2.45, 2.75) is 88.5 Å². The van der Waals surface area contributed by atoms with Crippen molar-refractivity contribution < 1.29 is 33.4 Å². The highest BCUT2D eigenvalue weighted by Gasteiger charge is 2.36. The molecule has 0 saturated heterocycles. The number of aryl methyl sites for hydroxylation is 1. The first kappa shape index (κ1) is 53.7. The number of amides is 5. The summed E-state index contributed by atoms with van der Waals surface area (Å²) in [5.74, 6) is -2.17. The highest BCUT2D eigenvalue weighted by Crippen LogP contribution is 2.45. The number of fused-ring (bicyclic) bond motifs is 5. The van der Waals surface area contributed by atoms with Gasteiger partial charge < -0.3 is 52.8 Å². The molecule has 0 unspecified atom stereocenters. The van der Waals surface area contributed by atoms with Crippen LogP contribution < -0.4 is 47.9 Å². The number of hydrogen-bond acceptors (Lipinski definition) is 15. The van der Waals surface area contributed by atoms with Crippen LogP contribution in [0.15, 0.2) is 66.9 Å². The van der Waals surface area contributed by atoms with Crippen molar-refractivity contribution in [3.8, 4) is 40.1 Å². The van der Waals surface area contributed by atoms with Crippen molar-refractivity contribution in [3.63, 3.8) is 0 Å². The van der Waals surface area contributed by atoms with Crippen molar-refractivity contribution in [3.05, 3.63) is 94.8 Å². The standard InChI is InChI=1S/C49H63N11O7S2/c1-28-37(27-55-43(56-28)33-11-9-32(10-12-33)30(3)68-69-49(4,5)6)45(62)58-38(16-17-50)48(65)60(7)42-34-13-15-41(67-23-20-53)36(26-34)35-24-31(8-14-40(35)66-22-19-52)25-39(46(63)54-21-18-51)59-44(61)29(2)57-47(42)64/h8-15,24,26-27,29-30,38-39,42H,16-17,19-23,25,50,52-53H2,1-7H3,(H,54,63)(H,57,64)(H,58,62)(H,59,61)/t29-,30+,38-,39-,42-/m0/s1. The van der Waals surface area contributed by atoms with Gasteiger partial charge in [-0.25, -0.2) is 9.97 Å². The Morgan fingerprint density at radius 2 is 1.59 bits per heavy atom. The molecule has 18 nitrogen and oxygen atoms in total. The van der Waals surface area contributed by atoms with E-state index in [0.717, 1.165) is 11.1 Å². The molecule has 20 heteroatoms. The van der Waals surface area contributed by atoms with Crippen LogP contribution in [-0.2, 0) is 25.6 Å². The molecule has 5 atom stereocenters. The molecule has 5 rings (SSSR count). The zero-order valence-electron chi connectivity index (χ0n) is 40.1. The summed E-state index contributed by atoms with van der Waals surface area (Å²) in [5, 5.41) is 20.2. The number of aromatic nitrogens is 2. The van der Waals surface area contributed by atoms with Gasteiger partial charge in [0.25, 0.3) is 5.91 Å². The number of likely N-dealkylation sites (N-methyl/N-ethyl adjacent to an activating group) is 1. The molecular formula is C49H63N11O7S2.